The van der Waals surface area contributed by atoms with Crippen molar-refractivity contribution < 1.29 is 4.79 Å². The number of thioether (sulfide) groups is 1. The molecule has 0 fully saturated rings. The van der Waals surface area contributed by atoms with Gasteiger partial charge in [-0.1, -0.05) is 0 Å². The van der Waals surface area contributed by atoms with Gasteiger partial charge in [-0.25, -0.2) is 0 Å². The van der Waals surface area contributed by atoms with Crippen molar-refractivity contribution in [2.75, 3.05) is 6.26 Å². The third-order valence-corrected chi connectivity index (χ3v) is 4.07. The van der Waals surface area contributed by atoms with Crippen molar-refractivity contribution >= 4 is 39.5 Å². The summed E-state index contributed by atoms with van der Waals surface area (Å²) in [5, 5.41) is 1.18. The number of rotatable bonds is 2. The zero-order valence-corrected chi connectivity index (χ0v) is 9.67. The van der Waals surface area contributed by atoms with E-state index in [1.807, 2.05) is 18.4 Å². The fraction of sp³-hybridized carbons (Fsp3) is 0.182. The lowest BCUT2D eigenvalue weighted by Crippen LogP contribution is -1.80. The molecule has 0 N–H and O–H groups in total. The van der Waals surface area contributed by atoms with E-state index in [0.717, 1.165) is 11.8 Å². The molecule has 1 aromatic heterocycles. The van der Waals surface area contributed by atoms with Gasteiger partial charge in [-0.2, -0.15) is 0 Å². The quantitative estimate of drug-likeness (QED) is 0.568. The van der Waals surface area contributed by atoms with Gasteiger partial charge in [0.25, 0.3) is 0 Å². The van der Waals surface area contributed by atoms with Crippen LogP contribution in [-0.4, -0.2) is 12.5 Å². The Bertz CT molecular complexity index is 485. The van der Waals surface area contributed by atoms with Gasteiger partial charge in [0.05, 0.1) is 0 Å². The van der Waals surface area contributed by atoms with Gasteiger partial charge in [0.15, 0.2) is 0 Å². The Morgan fingerprint density at radius 2 is 2.14 bits per heavy atom. The van der Waals surface area contributed by atoms with Crippen LogP contribution < -0.4 is 0 Å². The molecule has 0 radical (unpaired) electrons. The zero-order valence-electron chi connectivity index (χ0n) is 8.03. The number of aldehydes is 1. The molecule has 72 valence electrons. The lowest BCUT2D eigenvalue weighted by atomic mass is 10.2. The summed E-state index contributed by atoms with van der Waals surface area (Å²) in [6, 6.07) is 6.04. The van der Waals surface area contributed by atoms with Gasteiger partial charge < -0.3 is 0 Å². The Morgan fingerprint density at radius 3 is 2.79 bits per heavy atom. The maximum atomic E-state index is 10.7. The van der Waals surface area contributed by atoms with Crippen LogP contribution in [0.1, 0.15) is 15.2 Å². The van der Waals surface area contributed by atoms with E-state index in [2.05, 4.69) is 13.0 Å². The summed E-state index contributed by atoms with van der Waals surface area (Å²) < 4.78 is 1.29. The van der Waals surface area contributed by atoms with Crippen LogP contribution in [0.2, 0.25) is 0 Å². The Morgan fingerprint density at radius 1 is 1.36 bits per heavy atom. The highest BCUT2D eigenvalue weighted by Crippen LogP contribution is 2.34. The first-order valence-electron chi connectivity index (χ1n) is 4.28. The molecule has 3 heteroatoms. The number of aryl methyl sites for hydroxylation is 1. The first-order valence-corrected chi connectivity index (χ1v) is 6.32. The molecule has 0 atom stereocenters. The van der Waals surface area contributed by atoms with Gasteiger partial charge in [-0.05, 0) is 36.8 Å². The van der Waals surface area contributed by atoms with Gasteiger partial charge in [0, 0.05) is 20.0 Å². The maximum Gasteiger partial charge on any atom is 0.150 e. The Hall–Kier alpha value is -0.800. The summed E-state index contributed by atoms with van der Waals surface area (Å²) in [6.07, 6.45) is 2.95. The van der Waals surface area contributed by atoms with Crippen molar-refractivity contribution in [1.29, 1.82) is 0 Å². The van der Waals surface area contributed by atoms with Crippen LogP contribution in [0.4, 0.5) is 0 Å². The number of carbonyl (C=O) groups is 1. The van der Waals surface area contributed by atoms with Crippen LogP contribution in [0.25, 0.3) is 10.1 Å². The highest BCUT2D eigenvalue weighted by Gasteiger charge is 2.05. The molecular weight excluding hydrogens is 212 g/mol. The van der Waals surface area contributed by atoms with Crippen LogP contribution in [0, 0.1) is 6.92 Å². The standard InChI is InChI=1S/C11H10OS2/c1-7-3-9-4-8(6-12)5-10(13-2)11(9)14-7/h3-6H,1-2H3. The topological polar surface area (TPSA) is 17.1 Å². The average molecular weight is 222 g/mol. The van der Waals surface area contributed by atoms with E-state index >= 15 is 0 Å². The minimum absolute atomic E-state index is 0.764. The van der Waals surface area contributed by atoms with Gasteiger partial charge in [0.2, 0.25) is 0 Å². The first kappa shape index (κ1) is 9.74. The molecule has 1 aromatic carbocycles. The summed E-state index contributed by atoms with van der Waals surface area (Å²) in [4.78, 5) is 13.2. The van der Waals surface area contributed by atoms with E-state index in [0.29, 0.717) is 0 Å². The monoisotopic (exact) mass is 222 g/mol. The van der Waals surface area contributed by atoms with Crippen molar-refractivity contribution in [2.24, 2.45) is 0 Å². The number of fused-ring (bicyclic) bond motifs is 1. The predicted molar refractivity (Wildman–Crippen MR) is 63.7 cm³/mol. The second-order valence-electron chi connectivity index (χ2n) is 3.12. The summed E-state index contributed by atoms with van der Waals surface area (Å²) in [5.74, 6) is 0. The number of benzene rings is 1. The van der Waals surface area contributed by atoms with E-state index in [1.54, 1.807) is 23.1 Å². The van der Waals surface area contributed by atoms with E-state index < -0.39 is 0 Å². The Kier molecular flexibility index (Phi) is 2.61. The normalized spacial score (nSPS) is 10.7. The number of hydrogen-bond donors (Lipinski definition) is 0. The summed E-state index contributed by atoms with van der Waals surface area (Å²) in [5.41, 5.74) is 0.764. The SMILES string of the molecule is CSc1cc(C=O)cc2cc(C)sc12. The van der Waals surface area contributed by atoms with E-state index in [1.165, 1.54) is 19.9 Å². The fourth-order valence-electron chi connectivity index (χ4n) is 1.49. The molecule has 1 heterocycles. The van der Waals surface area contributed by atoms with Crippen molar-refractivity contribution in [3.8, 4) is 0 Å². The molecule has 0 aliphatic rings. The molecule has 14 heavy (non-hydrogen) atoms. The molecular formula is C11H10OS2. The second kappa shape index (κ2) is 3.75. The summed E-state index contributed by atoms with van der Waals surface area (Å²) in [6.45, 7) is 2.09. The first-order chi connectivity index (χ1) is 6.74. The molecule has 2 rings (SSSR count). The third kappa shape index (κ3) is 1.57. The van der Waals surface area contributed by atoms with E-state index in [4.69, 9.17) is 0 Å². The summed E-state index contributed by atoms with van der Waals surface area (Å²) >= 11 is 3.48. The van der Waals surface area contributed by atoms with Crippen LogP contribution in [0.15, 0.2) is 23.1 Å². The predicted octanol–water partition coefficient (Wildman–Crippen LogP) is 3.74. The molecule has 0 spiro atoms. The third-order valence-electron chi connectivity index (χ3n) is 2.08. The molecule has 0 saturated carbocycles. The van der Waals surface area contributed by atoms with Crippen LogP contribution >= 0.6 is 23.1 Å². The van der Waals surface area contributed by atoms with Crippen LogP contribution in [0.5, 0.6) is 0 Å². The number of thiophene rings is 1. The molecule has 2 aromatic rings. The van der Waals surface area contributed by atoms with Crippen LogP contribution in [0.3, 0.4) is 0 Å². The number of hydrogen-bond acceptors (Lipinski definition) is 3. The van der Waals surface area contributed by atoms with Crippen molar-refractivity contribution in [3.63, 3.8) is 0 Å². The Labute approximate surface area is 91.1 Å². The molecule has 0 amide bonds. The van der Waals surface area contributed by atoms with Crippen molar-refractivity contribution in [2.45, 2.75) is 11.8 Å². The summed E-state index contributed by atoms with van der Waals surface area (Å²) in [7, 11) is 0. The minimum atomic E-state index is 0.764. The fourth-order valence-corrected chi connectivity index (χ4v) is 3.33. The largest absolute Gasteiger partial charge is 0.298 e. The number of carbonyl (C=O) groups excluding carboxylic acids is 1. The average Bonchev–Trinajstić information content (AvgIpc) is 2.56. The maximum absolute atomic E-state index is 10.7. The second-order valence-corrected chi connectivity index (χ2v) is 5.22. The Balaban J connectivity index is 2.78. The van der Waals surface area contributed by atoms with E-state index in [9.17, 15) is 4.79 Å². The van der Waals surface area contributed by atoms with Gasteiger partial charge >= 0.3 is 0 Å². The highest BCUT2D eigenvalue weighted by atomic mass is 32.2. The van der Waals surface area contributed by atoms with Crippen molar-refractivity contribution in [3.05, 3.63) is 28.6 Å². The molecule has 0 saturated heterocycles. The van der Waals surface area contributed by atoms with Crippen molar-refractivity contribution in [1.82, 2.24) is 0 Å². The smallest absolute Gasteiger partial charge is 0.150 e. The molecule has 0 aliphatic heterocycles. The zero-order chi connectivity index (χ0) is 10.1. The van der Waals surface area contributed by atoms with Gasteiger partial charge in [-0.15, -0.1) is 23.1 Å². The van der Waals surface area contributed by atoms with Gasteiger partial charge in [0.1, 0.15) is 6.29 Å². The molecule has 0 aliphatic carbocycles. The molecule has 0 bridgehead atoms. The lowest BCUT2D eigenvalue weighted by molar-refractivity contribution is 0.112. The molecule has 1 nitrogen and oxygen atoms in total. The highest BCUT2D eigenvalue weighted by molar-refractivity contribution is 7.99. The van der Waals surface area contributed by atoms with Gasteiger partial charge in [-0.3, -0.25) is 4.79 Å². The van der Waals surface area contributed by atoms with Crippen LogP contribution in [-0.2, 0) is 0 Å². The molecule has 0 unspecified atom stereocenters. The minimum Gasteiger partial charge on any atom is -0.298 e. The lowest BCUT2D eigenvalue weighted by Gasteiger charge is -1.99. The van der Waals surface area contributed by atoms with E-state index in [-0.39, 0.29) is 0 Å².